The second-order valence-corrected chi connectivity index (χ2v) is 12.9. The van der Waals surface area contributed by atoms with Crippen LogP contribution in [0.15, 0.2) is 78.9 Å². The largest absolute Gasteiger partial charge is 0.455 e. The Morgan fingerprint density at radius 2 is 1.81 bits per heavy atom. The third kappa shape index (κ3) is 5.27. The monoisotopic (exact) mass is 654 g/mol. The fraction of sp³-hybridized carbons (Fsp3) is 0.429. The fourth-order valence-electron chi connectivity index (χ4n) is 7.56. The Bertz CT molecular complexity index is 1790. The molecule has 0 bridgehead atoms. The molecule has 2 aromatic carbocycles. The number of nitrogens with one attached hydrogen (secondary N) is 1. The summed E-state index contributed by atoms with van der Waals surface area (Å²) in [4.78, 5) is 59.3. The van der Waals surface area contributed by atoms with Gasteiger partial charge >= 0.3 is 5.97 Å². The number of para-hydroxylation sites is 1. The van der Waals surface area contributed by atoms with Gasteiger partial charge in [0.15, 0.2) is 0 Å². The zero-order valence-corrected chi connectivity index (χ0v) is 26.7. The predicted molar refractivity (Wildman–Crippen MR) is 171 cm³/mol. The SMILES string of the molecule is C[C@@H]1NC(=O)CC/C=C\[C@@H]2O[C@@]34C=CCN(Cn5nnc6ccccc65)C(=O)[C@@H]3N([C@H](C)CO)C(=O)[C@H]4[C@@H]2C(=O)O[C@H]1c1ccccc1. The van der Waals surface area contributed by atoms with Crippen molar-refractivity contribution in [3.8, 4) is 0 Å². The van der Waals surface area contributed by atoms with Gasteiger partial charge in [0.1, 0.15) is 35.9 Å². The van der Waals surface area contributed by atoms with Crippen LogP contribution >= 0.6 is 0 Å². The van der Waals surface area contributed by atoms with Crippen LogP contribution < -0.4 is 5.32 Å². The first-order valence-electron chi connectivity index (χ1n) is 16.3. The lowest BCUT2D eigenvalue weighted by molar-refractivity contribution is -0.162. The van der Waals surface area contributed by atoms with Crippen molar-refractivity contribution in [2.45, 2.75) is 69.3 Å². The van der Waals surface area contributed by atoms with Crippen molar-refractivity contribution in [3.63, 3.8) is 0 Å². The maximum atomic E-state index is 14.6. The number of amides is 3. The number of aromatic nitrogens is 3. The molecular formula is C35H38N6O7. The zero-order valence-electron chi connectivity index (χ0n) is 26.7. The number of cyclic esters (lactones) is 1. The number of likely N-dealkylation sites (tertiary alicyclic amines) is 1. The van der Waals surface area contributed by atoms with E-state index in [4.69, 9.17) is 9.47 Å². The van der Waals surface area contributed by atoms with Crippen LogP contribution in [-0.2, 0) is 35.3 Å². The number of esters is 1. The first-order chi connectivity index (χ1) is 23.2. The molecule has 0 aliphatic carbocycles. The number of hydrogen-bond acceptors (Lipinski definition) is 9. The van der Waals surface area contributed by atoms with Crippen molar-refractivity contribution in [1.82, 2.24) is 30.1 Å². The van der Waals surface area contributed by atoms with E-state index in [9.17, 15) is 24.3 Å². The number of aliphatic hydroxyl groups excluding tert-OH is 1. The maximum Gasteiger partial charge on any atom is 0.313 e. The van der Waals surface area contributed by atoms with Crippen LogP contribution in [0.4, 0.5) is 0 Å². The number of hydrogen-bond donors (Lipinski definition) is 2. The molecule has 1 aromatic heterocycles. The Kier molecular flexibility index (Phi) is 8.34. The summed E-state index contributed by atoms with van der Waals surface area (Å²) < 4.78 is 14.6. The summed E-state index contributed by atoms with van der Waals surface area (Å²) in [6.45, 7) is 3.28. The second-order valence-electron chi connectivity index (χ2n) is 12.9. The smallest absolute Gasteiger partial charge is 0.313 e. The van der Waals surface area contributed by atoms with Gasteiger partial charge in [-0.05, 0) is 38.0 Å². The van der Waals surface area contributed by atoms with Gasteiger partial charge in [0.05, 0.1) is 36.2 Å². The summed E-state index contributed by atoms with van der Waals surface area (Å²) in [6.07, 6.45) is 5.80. The van der Waals surface area contributed by atoms with Gasteiger partial charge in [-0.15, -0.1) is 5.10 Å². The van der Waals surface area contributed by atoms with Crippen molar-refractivity contribution >= 4 is 34.7 Å². The zero-order chi connectivity index (χ0) is 33.6. The summed E-state index contributed by atoms with van der Waals surface area (Å²) in [5.74, 6) is -3.97. The molecule has 7 rings (SSSR count). The summed E-state index contributed by atoms with van der Waals surface area (Å²) in [6, 6.07) is 14.0. The fourth-order valence-corrected chi connectivity index (χ4v) is 7.56. The van der Waals surface area contributed by atoms with E-state index >= 15 is 0 Å². The number of nitrogens with zero attached hydrogens (tertiary/aromatic N) is 5. The highest BCUT2D eigenvalue weighted by molar-refractivity contribution is 5.99. The van der Waals surface area contributed by atoms with E-state index in [1.807, 2.05) is 54.6 Å². The van der Waals surface area contributed by atoms with Crippen LogP contribution in [0, 0.1) is 11.8 Å². The van der Waals surface area contributed by atoms with Crippen LogP contribution in [0.5, 0.6) is 0 Å². The van der Waals surface area contributed by atoms with Gasteiger partial charge in [0.25, 0.3) is 5.91 Å². The van der Waals surface area contributed by atoms with E-state index in [-0.39, 0.29) is 25.5 Å². The van der Waals surface area contributed by atoms with Crippen molar-refractivity contribution in [2.75, 3.05) is 13.2 Å². The number of allylic oxidation sites excluding steroid dienone is 1. The van der Waals surface area contributed by atoms with Gasteiger partial charge in [-0.2, -0.15) is 0 Å². The molecule has 4 aliphatic rings. The highest BCUT2D eigenvalue weighted by Crippen LogP contribution is 2.54. The molecule has 48 heavy (non-hydrogen) atoms. The van der Waals surface area contributed by atoms with E-state index in [0.29, 0.717) is 17.5 Å². The molecule has 0 radical (unpaired) electrons. The quantitative estimate of drug-likeness (QED) is 0.310. The van der Waals surface area contributed by atoms with E-state index in [1.165, 1.54) is 4.90 Å². The lowest BCUT2D eigenvalue weighted by atomic mass is 9.77. The third-order valence-electron chi connectivity index (χ3n) is 9.83. The minimum Gasteiger partial charge on any atom is -0.455 e. The Labute approximate surface area is 277 Å². The minimum atomic E-state index is -1.53. The Morgan fingerprint density at radius 1 is 1.04 bits per heavy atom. The minimum absolute atomic E-state index is 0.0585. The summed E-state index contributed by atoms with van der Waals surface area (Å²) in [5.41, 5.74) is 0.574. The lowest BCUT2D eigenvalue weighted by Gasteiger charge is -2.37. The topological polar surface area (TPSA) is 156 Å². The van der Waals surface area contributed by atoms with Crippen LogP contribution in [0.1, 0.15) is 38.4 Å². The van der Waals surface area contributed by atoms with E-state index in [2.05, 4.69) is 15.6 Å². The first kappa shape index (κ1) is 31.7. The summed E-state index contributed by atoms with van der Waals surface area (Å²) in [5, 5.41) is 21.7. The molecular weight excluding hydrogens is 616 g/mol. The number of fused-ring (bicyclic) bond motifs is 3. The highest BCUT2D eigenvalue weighted by atomic mass is 16.6. The molecule has 13 nitrogen and oxygen atoms in total. The Morgan fingerprint density at radius 3 is 2.60 bits per heavy atom. The molecule has 13 heteroatoms. The number of benzene rings is 2. The molecule has 2 saturated heterocycles. The van der Waals surface area contributed by atoms with E-state index < -0.39 is 72.2 Å². The van der Waals surface area contributed by atoms with E-state index in [1.54, 1.807) is 47.7 Å². The number of carbonyl (C=O) groups excluding carboxylic acids is 4. The molecule has 2 N–H and O–H groups in total. The third-order valence-corrected chi connectivity index (χ3v) is 9.83. The van der Waals surface area contributed by atoms with Gasteiger partial charge in [-0.1, -0.05) is 72.0 Å². The molecule has 4 aliphatic heterocycles. The first-order valence-corrected chi connectivity index (χ1v) is 16.3. The average molecular weight is 655 g/mol. The normalized spacial score (nSPS) is 32.0. The predicted octanol–water partition coefficient (Wildman–Crippen LogP) is 1.89. The highest BCUT2D eigenvalue weighted by Gasteiger charge is 2.72. The molecule has 250 valence electrons. The van der Waals surface area contributed by atoms with E-state index in [0.717, 1.165) is 5.52 Å². The second kappa shape index (κ2) is 12.6. The Balaban J connectivity index is 1.29. The van der Waals surface area contributed by atoms with Crippen LogP contribution in [-0.4, -0.2) is 96.6 Å². The molecule has 0 unspecified atom stereocenters. The van der Waals surface area contributed by atoms with Crippen molar-refractivity contribution in [3.05, 3.63) is 84.5 Å². The number of carbonyl (C=O) groups is 4. The maximum absolute atomic E-state index is 14.6. The van der Waals surface area contributed by atoms with Gasteiger partial charge in [0.2, 0.25) is 11.8 Å². The van der Waals surface area contributed by atoms with Gasteiger partial charge < -0.3 is 29.7 Å². The van der Waals surface area contributed by atoms with Crippen LogP contribution in [0.25, 0.3) is 11.0 Å². The standard InChI is InChI=1S/C35H38N6O7/c1-21(19-42)41-31-33(45)39(20-40-25-14-7-6-13-24(25)37-38-40)18-10-17-35(31)29(32(41)44)28-26(48-35)15-8-9-16-27(43)36-22(2)30(47-34(28)46)23-11-4-3-5-12-23/h3-8,10-15,17,21-22,26,28-31,42H,9,16,18-20H2,1-2H3,(H,36,43)/b15-8-/t21-,22+,26+,28-,29-,30-,31+,35-/m1/s1. The lowest BCUT2D eigenvalue weighted by Crippen LogP contribution is -2.57. The molecule has 2 fully saturated rings. The number of ether oxygens (including phenoxy) is 2. The average Bonchev–Trinajstić information content (AvgIpc) is 3.69. The van der Waals surface area contributed by atoms with Crippen molar-refractivity contribution in [2.24, 2.45) is 11.8 Å². The molecule has 8 atom stereocenters. The van der Waals surface area contributed by atoms with Gasteiger partial charge in [0, 0.05) is 13.0 Å². The Hall–Kier alpha value is -4.88. The summed E-state index contributed by atoms with van der Waals surface area (Å²) >= 11 is 0. The van der Waals surface area contributed by atoms with Crippen LogP contribution in [0.2, 0.25) is 0 Å². The van der Waals surface area contributed by atoms with Gasteiger partial charge in [-0.3, -0.25) is 19.2 Å². The molecule has 3 aromatic rings. The molecule has 1 spiro atoms. The molecule has 5 heterocycles. The van der Waals surface area contributed by atoms with Crippen molar-refractivity contribution in [1.29, 1.82) is 0 Å². The van der Waals surface area contributed by atoms with Crippen LogP contribution in [0.3, 0.4) is 0 Å². The number of aliphatic hydroxyl groups is 1. The molecule has 0 saturated carbocycles. The number of rotatable bonds is 5. The molecule has 3 amide bonds. The van der Waals surface area contributed by atoms with Crippen molar-refractivity contribution < 1.29 is 33.8 Å². The van der Waals surface area contributed by atoms with Gasteiger partial charge in [-0.25, -0.2) is 4.68 Å². The summed E-state index contributed by atoms with van der Waals surface area (Å²) in [7, 11) is 0.